The van der Waals surface area contributed by atoms with E-state index in [1.165, 1.54) is 19.5 Å². The summed E-state index contributed by atoms with van der Waals surface area (Å²) in [6.07, 6.45) is 1.70. The fourth-order valence-corrected chi connectivity index (χ4v) is 2.67. The molecule has 0 spiro atoms. The van der Waals surface area contributed by atoms with Gasteiger partial charge in [0.1, 0.15) is 0 Å². The van der Waals surface area contributed by atoms with E-state index >= 15 is 0 Å². The van der Waals surface area contributed by atoms with Crippen molar-refractivity contribution in [3.05, 3.63) is 0 Å². The first kappa shape index (κ1) is 11.4. The predicted molar refractivity (Wildman–Crippen MR) is 62.0 cm³/mol. The third-order valence-electron chi connectivity index (χ3n) is 3.90. The average molecular weight is 212 g/mol. The summed E-state index contributed by atoms with van der Waals surface area (Å²) in [4.78, 5) is 2.62. The smallest absolute Gasteiger partial charge is 0.0588 e. The van der Waals surface area contributed by atoms with Crippen molar-refractivity contribution in [2.75, 3.05) is 26.2 Å². The third kappa shape index (κ3) is 2.71. The molecule has 0 saturated carbocycles. The largest absolute Gasteiger partial charge is 0.378 e. The highest BCUT2D eigenvalue weighted by molar-refractivity contribution is 4.85. The van der Waals surface area contributed by atoms with Crippen molar-refractivity contribution in [1.82, 2.24) is 10.2 Å². The molecular formula is C12H24N2O. The van der Waals surface area contributed by atoms with Gasteiger partial charge in [0.2, 0.25) is 0 Å². The number of rotatable bonds is 2. The number of piperazine rings is 1. The summed E-state index contributed by atoms with van der Waals surface area (Å²) in [5, 5.41) is 3.52. The molecule has 0 amide bonds. The zero-order valence-electron chi connectivity index (χ0n) is 10.2. The van der Waals surface area contributed by atoms with Gasteiger partial charge in [-0.2, -0.15) is 0 Å². The maximum atomic E-state index is 5.63. The van der Waals surface area contributed by atoms with Crippen LogP contribution in [0.5, 0.6) is 0 Å². The van der Waals surface area contributed by atoms with E-state index < -0.39 is 0 Å². The van der Waals surface area contributed by atoms with Crippen LogP contribution in [0.1, 0.15) is 27.2 Å². The first-order valence-electron chi connectivity index (χ1n) is 6.26. The molecule has 0 aliphatic carbocycles. The molecule has 2 fully saturated rings. The molecule has 2 saturated heterocycles. The molecule has 0 bridgehead atoms. The number of hydrogen-bond acceptors (Lipinski definition) is 3. The SMILES string of the molecule is CC1CN(CC2CCOC2C)C(C)CN1. The number of hydrogen-bond donors (Lipinski definition) is 1. The molecule has 0 aromatic carbocycles. The number of nitrogens with one attached hydrogen (secondary N) is 1. The van der Waals surface area contributed by atoms with Crippen LogP contribution < -0.4 is 5.32 Å². The lowest BCUT2D eigenvalue weighted by Gasteiger charge is -2.39. The molecule has 2 heterocycles. The third-order valence-corrected chi connectivity index (χ3v) is 3.90. The second-order valence-corrected chi connectivity index (χ2v) is 5.24. The van der Waals surface area contributed by atoms with E-state index in [9.17, 15) is 0 Å². The minimum absolute atomic E-state index is 0.461. The average Bonchev–Trinajstić information content (AvgIpc) is 2.58. The standard InChI is InChI=1S/C12H24N2O/c1-9-7-14(10(2)6-13-9)8-12-4-5-15-11(12)3/h9-13H,4-8H2,1-3H3. The van der Waals surface area contributed by atoms with Gasteiger partial charge in [-0.1, -0.05) is 0 Å². The molecule has 15 heavy (non-hydrogen) atoms. The lowest BCUT2D eigenvalue weighted by Crippen LogP contribution is -2.55. The maximum Gasteiger partial charge on any atom is 0.0588 e. The van der Waals surface area contributed by atoms with Crippen LogP contribution in [0.4, 0.5) is 0 Å². The second-order valence-electron chi connectivity index (χ2n) is 5.24. The molecule has 0 radical (unpaired) electrons. The van der Waals surface area contributed by atoms with Gasteiger partial charge in [0.05, 0.1) is 6.10 Å². The van der Waals surface area contributed by atoms with Crippen LogP contribution in [0.2, 0.25) is 0 Å². The van der Waals surface area contributed by atoms with Gasteiger partial charge in [0.15, 0.2) is 0 Å². The lowest BCUT2D eigenvalue weighted by molar-refractivity contribution is 0.0731. The van der Waals surface area contributed by atoms with Gasteiger partial charge >= 0.3 is 0 Å². The number of nitrogens with zero attached hydrogens (tertiary/aromatic N) is 1. The molecule has 3 heteroatoms. The van der Waals surface area contributed by atoms with Crippen molar-refractivity contribution >= 4 is 0 Å². The van der Waals surface area contributed by atoms with Gasteiger partial charge in [0.25, 0.3) is 0 Å². The highest BCUT2D eigenvalue weighted by Crippen LogP contribution is 2.23. The Morgan fingerprint density at radius 3 is 2.80 bits per heavy atom. The van der Waals surface area contributed by atoms with E-state index in [0.29, 0.717) is 18.2 Å². The summed E-state index contributed by atoms with van der Waals surface area (Å²) < 4.78 is 5.63. The van der Waals surface area contributed by atoms with Crippen molar-refractivity contribution in [1.29, 1.82) is 0 Å². The zero-order chi connectivity index (χ0) is 10.8. The molecule has 2 rings (SSSR count). The molecule has 2 aliphatic heterocycles. The summed E-state index contributed by atoms with van der Waals surface area (Å²) in [5.74, 6) is 0.748. The van der Waals surface area contributed by atoms with Crippen LogP contribution in [0.25, 0.3) is 0 Å². The molecule has 0 aromatic heterocycles. The molecule has 4 unspecified atom stereocenters. The first-order valence-corrected chi connectivity index (χ1v) is 6.26. The molecule has 1 N–H and O–H groups in total. The highest BCUT2D eigenvalue weighted by atomic mass is 16.5. The van der Waals surface area contributed by atoms with E-state index in [2.05, 4.69) is 31.0 Å². The Bertz CT molecular complexity index is 210. The maximum absolute atomic E-state index is 5.63. The van der Waals surface area contributed by atoms with Crippen LogP contribution in [-0.4, -0.2) is 49.3 Å². The van der Waals surface area contributed by atoms with Crippen molar-refractivity contribution in [2.45, 2.75) is 45.4 Å². The van der Waals surface area contributed by atoms with Gasteiger partial charge in [-0.05, 0) is 33.1 Å². The minimum Gasteiger partial charge on any atom is -0.378 e. The van der Waals surface area contributed by atoms with Gasteiger partial charge in [-0.25, -0.2) is 0 Å². The van der Waals surface area contributed by atoms with Crippen molar-refractivity contribution in [3.8, 4) is 0 Å². The Hall–Kier alpha value is -0.120. The monoisotopic (exact) mass is 212 g/mol. The van der Waals surface area contributed by atoms with Gasteiger partial charge in [-0.3, -0.25) is 4.90 Å². The summed E-state index contributed by atoms with van der Waals surface area (Å²) in [6.45, 7) is 11.3. The summed E-state index contributed by atoms with van der Waals surface area (Å²) in [5.41, 5.74) is 0. The lowest BCUT2D eigenvalue weighted by atomic mass is 10.00. The van der Waals surface area contributed by atoms with E-state index in [1.54, 1.807) is 0 Å². The Morgan fingerprint density at radius 2 is 2.13 bits per heavy atom. The Balaban J connectivity index is 1.86. The summed E-state index contributed by atoms with van der Waals surface area (Å²) in [6, 6.07) is 1.31. The van der Waals surface area contributed by atoms with Crippen molar-refractivity contribution < 1.29 is 4.74 Å². The molecule has 3 nitrogen and oxygen atoms in total. The molecular weight excluding hydrogens is 188 g/mol. The summed E-state index contributed by atoms with van der Waals surface area (Å²) >= 11 is 0. The quantitative estimate of drug-likeness (QED) is 0.741. The van der Waals surface area contributed by atoms with Crippen LogP contribution in [0, 0.1) is 5.92 Å². The van der Waals surface area contributed by atoms with Crippen LogP contribution in [-0.2, 0) is 4.74 Å². The predicted octanol–water partition coefficient (Wildman–Crippen LogP) is 1.09. The van der Waals surface area contributed by atoms with Crippen LogP contribution in [0.15, 0.2) is 0 Å². The summed E-state index contributed by atoms with van der Waals surface area (Å²) in [7, 11) is 0. The first-order chi connectivity index (χ1) is 7.16. The van der Waals surface area contributed by atoms with Gasteiger partial charge in [-0.15, -0.1) is 0 Å². The highest BCUT2D eigenvalue weighted by Gasteiger charge is 2.30. The van der Waals surface area contributed by atoms with Crippen molar-refractivity contribution in [2.24, 2.45) is 5.92 Å². The second kappa shape index (κ2) is 4.81. The normalized spacial score (nSPS) is 43.4. The van der Waals surface area contributed by atoms with Crippen LogP contribution in [0.3, 0.4) is 0 Å². The molecule has 0 aromatic rings. The van der Waals surface area contributed by atoms with E-state index in [4.69, 9.17) is 4.74 Å². The Morgan fingerprint density at radius 1 is 1.33 bits per heavy atom. The molecule has 2 aliphatic rings. The zero-order valence-corrected chi connectivity index (χ0v) is 10.2. The van der Waals surface area contributed by atoms with Gasteiger partial charge < -0.3 is 10.1 Å². The van der Waals surface area contributed by atoms with Crippen LogP contribution >= 0.6 is 0 Å². The number of ether oxygens (including phenoxy) is 1. The van der Waals surface area contributed by atoms with E-state index in [1.807, 2.05) is 0 Å². The van der Waals surface area contributed by atoms with E-state index in [-0.39, 0.29) is 0 Å². The van der Waals surface area contributed by atoms with Gasteiger partial charge in [0, 0.05) is 38.3 Å². The fourth-order valence-electron chi connectivity index (χ4n) is 2.67. The van der Waals surface area contributed by atoms with E-state index in [0.717, 1.165) is 19.1 Å². The Labute approximate surface area is 93.2 Å². The minimum atomic E-state index is 0.461. The fraction of sp³-hybridized carbons (Fsp3) is 1.00. The van der Waals surface area contributed by atoms with Crippen molar-refractivity contribution in [3.63, 3.8) is 0 Å². The molecule has 4 atom stereocenters. The topological polar surface area (TPSA) is 24.5 Å². The molecule has 88 valence electrons. The Kier molecular flexibility index (Phi) is 3.65.